The standard InChI is InChI=1S/C11H14O4/c1-8(9(12)5-7-14-2)11(13)10-4-3-6-15-10/h3-4,6,8H,5,7H2,1-2H3. The largest absolute Gasteiger partial charge is 0.461 e. The summed E-state index contributed by atoms with van der Waals surface area (Å²) in [6.07, 6.45) is 1.67. The van der Waals surface area contributed by atoms with Gasteiger partial charge in [-0.2, -0.15) is 0 Å². The summed E-state index contributed by atoms with van der Waals surface area (Å²) in [6.45, 7) is 1.93. The van der Waals surface area contributed by atoms with Gasteiger partial charge in [-0.05, 0) is 19.1 Å². The average Bonchev–Trinajstić information content (AvgIpc) is 2.77. The SMILES string of the molecule is COCCC(=O)C(C)C(=O)c1ccco1. The van der Waals surface area contributed by atoms with E-state index in [2.05, 4.69) is 0 Å². The van der Waals surface area contributed by atoms with Crippen molar-refractivity contribution in [2.75, 3.05) is 13.7 Å². The molecule has 1 heterocycles. The quantitative estimate of drug-likeness (QED) is 0.529. The zero-order chi connectivity index (χ0) is 11.3. The Balaban J connectivity index is 2.57. The molecule has 0 aromatic carbocycles. The topological polar surface area (TPSA) is 56.5 Å². The summed E-state index contributed by atoms with van der Waals surface area (Å²) in [6, 6.07) is 3.18. The fourth-order valence-electron chi connectivity index (χ4n) is 1.20. The first-order valence-electron chi connectivity index (χ1n) is 4.76. The van der Waals surface area contributed by atoms with Gasteiger partial charge in [0.05, 0.1) is 18.8 Å². The number of carbonyl (C=O) groups is 2. The Morgan fingerprint density at radius 1 is 1.53 bits per heavy atom. The van der Waals surface area contributed by atoms with E-state index in [0.717, 1.165) is 0 Å². The molecule has 1 atom stereocenters. The van der Waals surface area contributed by atoms with Crippen LogP contribution in [0.25, 0.3) is 0 Å². The van der Waals surface area contributed by atoms with Gasteiger partial charge < -0.3 is 9.15 Å². The van der Waals surface area contributed by atoms with Gasteiger partial charge in [-0.25, -0.2) is 0 Å². The first kappa shape index (κ1) is 11.7. The van der Waals surface area contributed by atoms with E-state index in [9.17, 15) is 9.59 Å². The van der Waals surface area contributed by atoms with Crippen LogP contribution in [0, 0.1) is 5.92 Å². The smallest absolute Gasteiger partial charge is 0.208 e. The van der Waals surface area contributed by atoms with Crippen LogP contribution in [0.2, 0.25) is 0 Å². The van der Waals surface area contributed by atoms with Gasteiger partial charge in [0.1, 0.15) is 5.78 Å². The molecule has 4 heteroatoms. The second-order valence-electron chi connectivity index (χ2n) is 3.27. The molecule has 0 amide bonds. The van der Waals surface area contributed by atoms with Crippen molar-refractivity contribution in [3.63, 3.8) is 0 Å². The molecule has 0 aliphatic heterocycles. The number of furan rings is 1. The van der Waals surface area contributed by atoms with Crippen molar-refractivity contribution >= 4 is 11.6 Å². The molecular formula is C11H14O4. The molecular weight excluding hydrogens is 196 g/mol. The highest BCUT2D eigenvalue weighted by Gasteiger charge is 2.23. The van der Waals surface area contributed by atoms with Gasteiger partial charge in [0.2, 0.25) is 5.78 Å². The van der Waals surface area contributed by atoms with Crippen molar-refractivity contribution < 1.29 is 18.7 Å². The molecule has 1 rings (SSSR count). The zero-order valence-electron chi connectivity index (χ0n) is 8.86. The van der Waals surface area contributed by atoms with E-state index in [1.807, 2.05) is 0 Å². The van der Waals surface area contributed by atoms with Crippen LogP contribution in [0.4, 0.5) is 0 Å². The van der Waals surface area contributed by atoms with Crippen LogP contribution in [0.15, 0.2) is 22.8 Å². The average molecular weight is 210 g/mol. The maximum absolute atomic E-state index is 11.7. The summed E-state index contributed by atoms with van der Waals surface area (Å²) in [4.78, 5) is 23.2. The third-order valence-corrected chi connectivity index (χ3v) is 2.19. The second-order valence-corrected chi connectivity index (χ2v) is 3.27. The molecule has 0 N–H and O–H groups in total. The summed E-state index contributed by atoms with van der Waals surface area (Å²) in [5.41, 5.74) is 0. The van der Waals surface area contributed by atoms with Gasteiger partial charge in [-0.1, -0.05) is 0 Å². The van der Waals surface area contributed by atoms with Crippen molar-refractivity contribution in [3.05, 3.63) is 24.2 Å². The molecule has 1 unspecified atom stereocenters. The molecule has 0 radical (unpaired) electrons. The first-order chi connectivity index (χ1) is 7.16. The zero-order valence-corrected chi connectivity index (χ0v) is 8.86. The van der Waals surface area contributed by atoms with Crippen LogP contribution in [0.1, 0.15) is 23.9 Å². The van der Waals surface area contributed by atoms with E-state index in [4.69, 9.17) is 9.15 Å². The number of hydrogen-bond acceptors (Lipinski definition) is 4. The molecule has 0 aliphatic carbocycles. The van der Waals surface area contributed by atoms with Gasteiger partial charge in [-0.3, -0.25) is 9.59 Å². The van der Waals surface area contributed by atoms with Crippen LogP contribution < -0.4 is 0 Å². The third kappa shape index (κ3) is 3.02. The molecule has 0 saturated heterocycles. The molecule has 82 valence electrons. The molecule has 0 saturated carbocycles. The molecule has 0 fully saturated rings. The first-order valence-corrected chi connectivity index (χ1v) is 4.76. The summed E-state index contributed by atoms with van der Waals surface area (Å²) >= 11 is 0. The van der Waals surface area contributed by atoms with Crippen LogP contribution in [-0.4, -0.2) is 25.3 Å². The predicted octanol–water partition coefficient (Wildman–Crippen LogP) is 1.70. The van der Waals surface area contributed by atoms with E-state index in [1.54, 1.807) is 19.1 Å². The van der Waals surface area contributed by atoms with Gasteiger partial charge in [-0.15, -0.1) is 0 Å². The monoisotopic (exact) mass is 210 g/mol. The lowest BCUT2D eigenvalue weighted by atomic mass is 9.98. The van der Waals surface area contributed by atoms with E-state index < -0.39 is 5.92 Å². The van der Waals surface area contributed by atoms with Crippen molar-refractivity contribution in [1.29, 1.82) is 0 Å². The Hall–Kier alpha value is -1.42. The Kier molecular flexibility index (Phi) is 4.24. The van der Waals surface area contributed by atoms with Crippen molar-refractivity contribution in [2.45, 2.75) is 13.3 Å². The highest BCUT2D eigenvalue weighted by atomic mass is 16.5. The van der Waals surface area contributed by atoms with Crippen molar-refractivity contribution in [2.24, 2.45) is 5.92 Å². The normalized spacial score (nSPS) is 12.4. The number of ketones is 2. The van der Waals surface area contributed by atoms with Gasteiger partial charge in [0.25, 0.3) is 0 Å². The number of methoxy groups -OCH3 is 1. The van der Waals surface area contributed by atoms with Crippen LogP contribution in [0.5, 0.6) is 0 Å². The van der Waals surface area contributed by atoms with E-state index >= 15 is 0 Å². The molecule has 1 aromatic heterocycles. The van der Waals surface area contributed by atoms with Crippen LogP contribution >= 0.6 is 0 Å². The van der Waals surface area contributed by atoms with E-state index in [0.29, 0.717) is 6.61 Å². The molecule has 1 aromatic rings. The van der Waals surface area contributed by atoms with Gasteiger partial charge in [0, 0.05) is 13.5 Å². The lowest BCUT2D eigenvalue weighted by Crippen LogP contribution is -2.21. The lowest BCUT2D eigenvalue weighted by molar-refractivity contribution is -0.121. The number of ether oxygens (including phenoxy) is 1. The highest BCUT2D eigenvalue weighted by molar-refractivity contribution is 6.08. The van der Waals surface area contributed by atoms with E-state index in [-0.39, 0.29) is 23.7 Å². The number of Topliss-reactive ketones (excluding diaryl/α,β-unsaturated/α-hetero) is 2. The second kappa shape index (κ2) is 5.46. The van der Waals surface area contributed by atoms with Crippen LogP contribution in [0.3, 0.4) is 0 Å². The minimum atomic E-state index is -0.661. The maximum atomic E-state index is 11.7. The summed E-state index contributed by atoms with van der Waals surface area (Å²) in [7, 11) is 1.52. The van der Waals surface area contributed by atoms with Crippen molar-refractivity contribution in [1.82, 2.24) is 0 Å². The minimum Gasteiger partial charge on any atom is -0.461 e. The molecule has 0 spiro atoms. The third-order valence-electron chi connectivity index (χ3n) is 2.19. The predicted molar refractivity (Wildman–Crippen MR) is 53.7 cm³/mol. The summed E-state index contributed by atoms with van der Waals surface area (Å²) in [5.74, 6) is -0.834. The molecule has 15 heavy (non-hydrogen) atoms. The summed E-state index contributed by atoms with van der Waals surface area (Å²) in [5, 5.41) is 0. The fourth-order valence-corrected chi connectivity index (χ4v) is 1.20. The Morgan fingerprint density at radius 3 is 2.80 bits per heavy atom. The van der Waals surface area contributed by atoms with Crippen LogP contribution in [-0.2, 0) is 9.53 Å². The number of carbonyl (C=O) groups excluding carboxylic acids is 2. The molecule has 0 aliphatic rings. The molecule has 0 bridgehead atoms. The summed E-state index contributed by atoms with van der Waals surface area (Å²) < 4.78 is 9.72. The molecule has 4 nitrogen and oxygen atoms in total. The van der Waals surface area contributed by atoms with Gasteiger partial charge in [0.15, 0.2) is 5.76 Å². The van der Waals surface area contributed by atoms with Crippen molar-refractivity contribution in [3.8, 4) is 0 Å². The maximum Gasteiger partial charge on any atom is 0.208 e. The Labute approximate surface area is 88.2 Å². The van der Waals surface area contributed by atoms with Gasteiger partial charge >= 0.3 is 0 Å². The number of rotatable bonds is 6. The Bertz CT molecular complexity index is 326. The van der Waals surface area contributed by atoms with E-state index in [1.165, 1.54) is 13.4 Å². The fraction of sp³-hybridized carbons (Fsp3) is 0.455. The highest BCUT2D eigenvalue weighted by Crippen LogP contribution is 2.11. The minimum absolute atomic E-state index is 0.127. The Morgan fingerprint density at radius 2 is 2.27 bits per heavy atom. The lowest BCUT2D eigenvalue weighted by Gasteiger charge is -2.06. The number of hydrogen-bond donors (Lipinski definition) is 0.